The molecule has 0 spiro atoms. The van der Waals surface area contributed by atoms with Crippen LogP contribution in [0.25, 0.3) is 0 Å². The molecule has 88 valence electrons. The van der Waals surface area contributed by atoms with E-state index < -0.39 is 23.1 Å². The summed E-state index contributed by atoms with van der Waals surface area (Å²) in [4.78, 5) is 22.5. The zero-order valence-corrected chi connectivity index (χ0v) is 9.92. The van der Waals surface area contributed by atoms with E-state index in [4.69, 9.17) is 10.5 Å². The van der Waals surface area contributed by atoms with Gasteiger partial charge < -0.3 is 15.2 Å². The van der Waals surface area contributed by atoms with Crippen molar-refractivity contribution in [2.75, 3.05) is 6.54 Å². The molecule has 0 heterocycles. The summed E-state index contributed by atoms with van der Waals surface area (Å²) in [5.41, 5.74) is 3.80. The molecule has 15 heavy (non-hydrogen) atoms. The number of nitrogens with two attached hydrogens (primary N) is 1. The Kier molecular flexibility index (Phi) is 4.27. The first kappa shape index (κ1) is 13.9. The summed E-state index contributed by atoms with van der Waals surface area (Å²) < 4.78 is 9.33. The molecule has 0 amide bonds. The lowest BCUT2D eigenvalue weighted by molar-refractivity contribution is -0.150. The maximum Gasteiger partial charge on any atom is 0.516 e. The first-order chi connectivity index (χ1) is 6.58. The second-order valence-corrected chi connectivity index (χ2v) is 4.94. The molecule has 0 saturated carbocycles. The Morgan fingerprint density at radius 2 is 1.60 bits per heavy atom. The SMILES string of the molecule is CC(C)(C)OC(=O)OC(=O)C(C)(C)CN. The van der Waals surface area contributed by atoms with E-state index in [0.717, 1.165) is 0 Å². The normalized spacial score (nSPS) is 12.1. The summed E-state index contributed by atoms with van der Waals surface area (Å²) in [7, 11) is 0. The molecule has 0 radical (unpaired) electrons. The molecule has 0 rings (SSSR count). The van der Waals surface area contributed by atoms with Crippen molar-refractivity contribution in [3.63, 3.8) is 0 Å². The average Bonchev–Trinajstić information content (AvgIpc) is 2.00. The van der Waals surface area contributed by atoms with Gasteiger partial charge in [-0.25, -0.2) is 4.79 Å². The highest BCUT2D eigenvalue weighted by Crippen LogP contribution is 2.16. The number of hydrogen-bond acceptors (Lipinski definition) is 5. The number of rotatable bonds is 2. The Labute approximate surface area is 89.9 Å². The van der Waals surface area contributed by atoms with E-state index in [1.807, 2.05) is 0 Å². The molecule has 0 unspecified atom stereocenters. The van der Waals surface area contributed by atoms with Gasteiger partial charge in [0.05, 0.1) is 5.41 Å². The van der Waals surface area contributed by atoms with E-state index in [-0.39, 0.29) is 6.54 Å². The molecule has 0 aliphatic carbocycles. The molecule has 0 aromatic heterocycles. The number of hydrogen-bond donors (Lipinski definition) is 1. The van der Waals surface area contributed by atoms with Gasteiger partial charge in [-0.3, -0.25) is 4.79 Å². The minimum Gasteiger partial charge on any atom is -0.428 e. The summed E-state index contributed by atoms with van der Waals surface area (Å²) in [5, 5.41) is 0. The molecular formula is C10H19NO4. The van der Waals surface area contributed by atoms with E-state index >= 15 is 0 Å². The largest absolute Gasteiger partial charge is 0.516 e. The molecule has 0 bridgehead atoms. The van der Waals surface area contributed by atoms with Crippen LogP contribution in [0, 0.1) is 5.41 Å². The van der Waals surface area contributed by atoms with Gasteiger partial charge in [0.2, 0.25) is 0 Å². The molecule has 0 aliphatic heterocycles. The van der Waals surface area contributed by atoms with Crippen molar-refractivity contribution in [1.82, 2.24) is 0 Å². The molecule has 0 fully saturated rings. The monoisotopic (exact) mass is 217 g/mol. The van der Waals surface area contributed by atoms with Crippen molar-refractivity contribution < 1.29 is 19.1 Å². The summed E-state index contributed by atoms with van der Waals surface area (Å²) in [5.74, 6) is -0.681. The highest BCUT2D eigenvalue weighted by molar-refractivity contribution is 5.85. The Morgan fingerprint density at radius 1 is 1.13 bits per heavy atom. The molecule has 0 saturated heterocycles. The third-order valence-electron chi connectivity index (χ3n) is 1.63. The summed E-state index contributed by atoms with van der Waals surface area (Å²) in [6, 6.07) is 0. The smallest absolute Gasteiger partial charge is 0.428 e. The number of carbonyl (C=O) groups is 2. The second kappa shape index (κ2) is 4.61. The van der Waals surface area contributed by atoms with Gasteiger partial charge in [-0.15, -0.1) is 0 Å². The fourth-order valence-corrected chi connectivity index (χ4v) is 0.568. The highest BCUT2D eigenvalue weighted by Gasteiger charge is 2.31. The van der Waals surface area contributed by atoms with Crippen molar-refractivity contribution in [3.8, 4) is 0 Å². The number of carbonyl (C=O) groups excluding carboxylic acids is 2. The van der Waals surface area contributed by atoms with Crippen molar-refractivity contribution in [2.45, 2.75) is 40.2 Å². The third-order valence-corrected chi connectivity index (χ3v) is 1.63. The van der Waals surface area contributed by atoms with Crippen molar-refractivity contribution >= 4 is 12.1 Å². The van der Waals surface area contributed by atoms with E-state index in [2.05, 4.69) is 4.74 Å². The van der Waals surface area contributed by atoms with Crippen molar-refractivity contribution in [2.24, 2.45) is 11.1 Å². The van der Waals surface area contributed by atoms with E-state index in [1.165, 1.54) is 0 Å². The van der Waals surface area contributed by atoms with Crippen molar-refractivity contribution in [3.05, 3.63) is 0 Å². The quantitative estimate of drug-likeness (QED) is 0.559. The van der Waals surface area contributed by atoms with Crippen LogP contribution in [0.2, 0.25) is 0 Å². The lowest BCUT2D eigenvalue weighted by atomic mass is 9.94. The highest BCUT2D eigenvalue weighted by atomic mass is 16.7. The zero-order chi connectivity index (χ0) is 12.3. The molecule has 2 N–H and O–H groups in total. The second-order valence-electron chi connectivity index (χ2n) is 4.94. The minimum atomic E-state index is -0.992. The Morgan fingerprint density at radius 3 is 1.93 bits per heavy atom. The number of esters is 1. The predicted molar refractivity (Wildman–Crippen MR) is 55.2 cm³/mol. The fraction of sp³-hybridized carbons (Fsp3) is 0.800. The van der Waals surface area contributed by atoms with Gasteiger partial charge in [0.25, 0.3) is 0 Å². The maximum absolute atomic E-state index is 11.4. The molecule has 5 nitrogen and oxygen atoms in total. The minimum absolute atomic E-state index is 0.106. The van der Waals surface area contributed by atoms with Gasteiger partial charge >= 0.3 is 12.1 Å². The van der Waals surface area contributed by atoms with Crippen LogP contribution in [0.3, 0.4) is 0 Å². The topological polar surface area (TPSA) is 78.6 Å². The molecule has 0 aliphatic rings. The average molecular weight is 217 g/mol. The number of ether oxygens (including phenoxy) is 2. The van der Waals surface area contributed by atoms with Crippen LogP contribution >= 0.6 is 0 Å². The van der Waals surface area contributed by atoms with Crippen LogP contribution in [0.1, 0.15) is 34.6 Å². The summed E-state index contributed by atoms with van der Waals surface area (Å²) >= 11 is 0. The molecule has 0 aromatic carbocycles. The van der Waals surface area contributed by atoms with E-state index in [0.29, 0.717) is 0 Å². The van der Waals surface area contributed by atoms with Crippen LogP contribution in [0.5, 0.6) is 0 Å². The van der Waals surface area contributed by atoms with Gasteiger partial charge in [0.1, 0.15) is 5.60 Å². The van der Waals surface area contributed by atoms with Crippen LogP contribution in [-0.2, 0) is 14.3 Å². The fourth-order valence-electron chi connectivity index (χ4n) is 0.568. The third kappa shape index (κ3) is 5.37. The van der Waals surface area contributed by atoms with E-state index in [9.17, 15) is 9.59 Å². The Hall–Kier alpha value is -1.10. The standard InChI is InChI=1S/C10H19NO4/c1-9(2,3)15-8(13)14-7(12)10(4,5)6-11/h6,11H2,1-5H3. The van der Waals surface area contributed by atoms with Crippen LogP contribution in [0.4, 0.5) is 4.79 Å². The summed E-state index contributed by atoms with van der Waals surface area (Å²) in [6.45, 7) is 8.36. The van der Waals surface area contributed by atoms with Crippen LogP contribution in [-0.4, -0.2) is 24.3 Å². The van der Waals surface area contributed by atoms with Gasteiger partial charge in [-0.2, -0.15) is 0 Å². The van der Waals surface area contributed by atoms with E-state index in [1.54, 1.807) is 34.6 Å². The first-order valence-electron chi connectivity index (χ1n) is 4.74. The predicted octanol–water partition coefficient (Wildman–Crippen LogP) is 1.45. The first-order valence-corrected chi connectivity index (χ1v) is 4.74. The van der Waals surface area contributed by atoms with Crippen molar-refractivity contribution in [1.29, 1.82) is 0 Å². The molecule has 0 aromatic rings. The lowest BCUT2D eigenvalue weighted by Crippen LogP contribution is -2.37. The van der Waals surface area contributed by atoms with Gasteiger partial charge in [-0.05, 0) is 34.6 Å². The Bertz CT molecular complexity index is 253. The van der Waals surface area contributed by atoms with Crippen LogP contribution < -0.4 is 5.73 Å². The summed E-state index contributed by atoms with van der Waals surface area (Å²) in [6.07, 6.45) is -0.992. The lowest BCUT2D eigenvalue weighted by Gasteiger charge is -2.22. The molecule has 5 heteroatoms. The molecule has 0 atom stereocenters. The Balaban J connectivity index is 4.26. The van der Waals surface area contributed by atoms with Gasteiger partial charge in [0.15, 0.2) is 0 Å². The maximum atomic E-state index is 11.4. The van der Waals surface area contributed by atoms with Crippen LogP contribution in [0.15, 0.2) is 0 Å². The van der Waals surface area contributed by atoms with Gasteiger partial charge in [-0.1, -0.05) is 0 Å². The molecular weight excluding hydrogens is 198 g/mol. The van der Waals surface area contributed by atoms with Gasteiger partial charge in [0, 0.05) is 6.54 Å². The zero-order valence-electron chi connectivity index (χ0n) is 9.92.